The number of ketones is 1. The summed E-state index contributed by atoms with van der Waals surface area (Å²) in [7, 11) is 0. The summed E-state index contributed by atoms with van der Waals surface area (Å²) in [6.45, 7) is 1.99. The van der Waals surface area contributed by atoms with Gasteiger partial charge < -0.3 is 4.74 Å². The van der Waals surface area contributed by atoms with Gasteiger partial charge in [-0.3, -0.25) is 4.79 Å². The molecular formula is C14H13NO4Se. The van der Waals surface area contributed by atoms with Crippen LogP contribution >= 0.6 is 0 Å². The van der Waals surface area contributed by atoms with Crippen molar-refractivity contribution in [3.05, 3.63) is 59.9 Å². The molecule has 0 N–H and O–H groups in total. The van der Waals surface area contributed by atoms with E-state index in [1.165, 1.54) is 6.92 Å². The number of Topliss-reactive ketones (excluding diaryl/α,β-unsaturated/α-hetero) is 1. The zero-order valence-electron chi connectivity index (χ0n) is 10.8. The molecule has 5 nitrogen and oxygen atoms in total. The Hall–Kier alpha value is -2.04. The predicted molar refractivity (Wildman–Crippen MR) is 72.1 cm³/mol. The van der Waals surface area contributed by atoms with E-state index in [1.807, 2.05) is 30.3 Å². The molecule has 6 heteroatoms. The maximum absolute atomic E-state index is 11.0. The van der Waals surface area contributed by atoms with Gasteiger partial charge >= 0.3 is 22.5 Å². The van der Waals surface area contributed by atoms with Gasteiger partial charge in [-0.05, 0) is 17.7 Å². The van der Waals surface area contributed by atoms with Gasteiger partial charge in [-0.15, -0.1) is 0 Å². The summed E-state index contributed by atoms with van der Waals surface area (Å²) in [5.41, 5.74) is 1.56. The monoisotopic (exact) mass is 339 g/mol. The van der Waals surface area contributed by atoms with Crippen LogP contribution in [0.4, 0.5) is 0 Å². The van der Waals surface area contributed by atoms with Crippen LogP contribution < -0.4 is 4.74 Å². The molecule has 0 spiro atoms. The van der Waals surface area contributed by atoms with Crippen molar-refractivity contribution in [3.8, 4) is 5.75 Å². The van der Waals surface area contributed by atoms with E-state index in [4.69, 9.17) is 12.4 Å². The van der Waals surface area contributed by atoms with Crippen molar-refractivity contribution in [3.63, 3.8) is 0 Å². The van der Waals surface area contributed by atoms with Crippen molar-refractivity contribution in [2.24, 2.45) is 0 Å². The van der Waals surface area contributed by atoms with Crippen LogP contribution in [0.5, 0.6) is 5.75 Å². The first kappa shape index (κ1) is 16.0. The minimum atomic E-state index is -1.62. The number of rotatable bonds is 4. The van der Waals surface area contributed by atoms with Gasteiger partial charge in [0.05, 0.1) is 6.20 Å². The quantitative estimate of drug-likeness (QED) is 0.631. The number of ether oxygens (including phenoxy) is 1. The Labute approximate surface area is 122 Å². The minimum absolute atomic E-state index is 0.0420. The van der Waals surface area contributed by atoms with E-state index in [2.05, 4.69) is 4.98 Å². The van der Waals surface area contributed by atoms with Crippen LogP contribution in [0, 0.1) is 0 Å². The summed E-state index contributed by atoms with van der Waals surface area (Å²) < 4.78 is 22.4. The molecule has 0 saturated heterocycles. The Morgan fingerprint density at radius 3 is 2.30 bits per heavy atom. The Kier molecular flexibility index (Phi) is 7.17. The molecule has 1 heterocycles. The molecule has 0 bridgehead atoms. The van der Waals surface area contributed by atoms with E-state index >= 15 is 0 Å². The van der Waals surface area contributed by atoms with Crippen LogP contribution in [0.15, 0.2) is 48.7 Å². The first-order chi connectivity index (χ1) is 9.67. The van der Waals surface area contributed by atoms with Gasteiger partial charge in [0, 0.05) is 6.92 Å². The fraction of sp³-hybridized carbons (Fsp3) is 0.143. The van der Waals surface area contributed by atoms with Gasteiger partial charge in [-0.1, -0.05) is 30.3 Å². The van der Waals surface area contributed by atoms with E-state index < -0.39 is 14.8 Å². The maximum atomic E-state index is 11.0. The molecule has 0 aliphatic heterocycles. The molecule has 0 aliphatic carbocycles. The van der Waals surface area contributed by atoms with E-state index in [-0.39, 0.29) is 5.78 Å². The van der Waals surface area contributed by atoms with E-state index in [1.54, 1.807) is 18.3 Å². The predicted octanol–water partition coefficient (Wildman–Crippen LogP) is 2.24. The second-order valence-corrected chi connectivity index (χ2v) is 4.06. The van der Waals surface area contributed by atoms with Gasteiger partial charge in [0.15, 0.2) is 5.78 Å². The molecular weight excluding hydrogens is 325 g/mol. The van der Waals surface area contributed by atoms with Crippen LogP contribution in [-0.2, 0) is 14.3 Å². The molecule has 0 saturated carbocycles. The summed E-state index contributed by atoms with van der Waals surface area (Å²) in [5, 5.41) is 0. The number of pyridine rings is 1. The van der Waals surface area contributed by atoms with Crippen molar-refractivity contribution in [1.29, 1.82) is 0 Å². The third-order valence-corrected chi connectivity index (χ3v) is 2.35. The molecule has 1 aromatic heterocycles. The average Bonchev–Trinajstić information content (AvgIpc) is 2.47. The number of aromatic nitrogens is 1. The number of hydrogen-bond donors (Lipinski definition) is 0. The molecule has 0 amide bonds. The van der Waals surface area contributed by atoms with Gasteiger partial charge in [0.1, 0.15) is 18.1 Å². The Morgan fingerprint density at radius 2 is 1.80 bits per heavy atom. The normalized spacial score (nSPS) is 9.05. The van der Waals surface area contributed by atoms with Crippen molar-refractivity contribution >= 4 is 20.6 Å². The fourth-order valence-corrected chi connectivity index (χ4v) is 1.41. The summed E-state index contributed by atoms with van der Waals surface area (Å²) >= 11 is -1.62. The van der Waals surface area contributed by atoms with Gasteiger partial charge in [-0.25, -0.2) is 4.98 Å². The zero-order valence-corrected chi connectivity index (χ0v) is 12.5. The summed E-state index contributed by atoms with van der Waals surface area (Å²) in [6.07, 6.45) is 1.57. The number of benzene rings is 1. The summed E-state index contributed by atoms with van der Waals surface area (Å²) in [6, 6.07) is 13.3. The molecule has 2 aromatic rings. The molecule has 20 heavy (non-hydrogen) atoms. The number of carbonyl (C=O) groups excluding carboxylic acids is 1. The summed E-state index contributed by atoms with van der Waals surface area (Å²) in [4.78, 5) is 15.0. The van der Waals surface area contributed by atoms with Crippen molar-refractivity contribution in [2.75, 3.05) is 0 Å². The second-order valence-electron chi connectivity index (χ2n) is 3.78. The van der Waals surface area contributed by atoms with Crippen LogP contribution in [0.25, 0.3) is 0 Å². The molecule has 0 aliphatic rings. The average molecular weight is 338 g/mol. The van der Waals surface area contributed by atoms with Gasteiger partial charge in [0.2, 0.25) is 0 Å². The van der Waals surface area contributed by atoms with Crippen molar-refractivity contribution in [1.82, 2.24) is 4.98 Å². The van der Waals surface area contributed by atoms with Crippen LogP contribution in [-0.4, -0.2) is 25.6 Å². The Morgan fingerprint density at radius 1 is 1.15 bits per heavy atom. The van der Waals surface area contributed by atoms with Crippen LogP contribution in [0.2, 0.25) is 0 Å². The van der Waals surface area contributed by atoms with Crippen molar-refractivity contribution < 1.29 is 17.2 Å². The molecule has 2 rings (SSSR count). The van der Waals surface area contributed by atoms with E-state index in [0.717, 1.165) is 5.56 Å². The second kappa shape index (κ2) is 8.96. The zero-order chi connectivity index (χ0) is 14.8. The molecule has 0 unspecified atom stereocenters. The molecule has 0 atom stereocenters. The van der Waals surface area contributed by atoms with Gasteiger partial charge in [-0.2, -0.15) is 0 Å². The Bertz CT molecular complexity index is 578. The van der Waals surface area contributed by atoms with Crippen LogP contribution in [0.3, 0.4) is 0 Å². The van der Waals surface area contributed by atoms with Crippen LogP contribution in [0.1, 0.15) is 23.0 Å². The number of carbonyl (C=O) groups is 1. The Balaban J connectivity index is 0.000000612. The van der Waals surface area contributed by atoms with E-state index in [9.17, 15) is 4.79 Å². The first-order valence-corrected chi connectivity index (χ1v) is 7.12. The molecule has 0 radical (unpaired) electrons. The molecule has 104 valence electrons. The first-order valence-electron chi connectivity index (χ1n) is 5.73. The van der Waals surface area contributed by atoms with E-state index in [0.29, 0.717) is 18.1 Å². The topological polar surface area (TPSA) is 73.3 Å². The fourth-order valence-electron chi connectivity index (χ4n) is 1.41. The van der Waals surface area contributed by atoms with Gasteiger partial charge in [0.25, 0.3) is 0 Å². The number of hydrogen-bond acceptors (Lipinski definition) is 5. The summed E-state index contributed by atoms with van der Waals surface area (Å²) in [5.74, 6) is 0.624. The standard InChI is InChI=1S/C14H13NO2.O2Se/c1-11(16)14-8-7-13(9-15-14)17-10-12-5-3-2-4-6-12;1-3-2/h2-9H,10H2,1H3;. The third-order valence-electron chi connectivity index (χ3n) is 2.35. The SMILES string of the molecule is CC(=O)c1ccc(OCc2ccccc2)cn1.O=[Se]=O. The molecule has 1 aromatic carbocycles. The third kappa shape index (κ3) is 5.73. The van der Waals surface area contributed by atoms with Crippen molar-refractivity contribution in [2.45, 2.75) is 13.5 Å². The molecule has 0 fully saturated rings. The number of nitrogens with zero attached hydrogens (tertiary/aromatic N) is 1.